The number of hydrogen-bond donors (Lipinski definition) is 0. The van der Waals surface area contributed by atoms with E-state index < -0.39 is 6.10 Å². The summed E-state index contributed by atoms with van der Waals surface area (Å²) in [5.74, 6) is 0.804. The van der Waals surface area contributed by atoms with Crippen molar-refractivity contribution in [2.75, 3.05) is 13.2 Å². The maximum absolute atomic E-state index is 12.6. The molecule has 0 N–H and O–H groups in total. The van der Waals surface area contributed by atoms with Gasteiger partial charge in [0.05, 0.1) is 0 Å². The van der Waals surface area contributed by atoms with Crippen LogP contribution in [0.15, 0.2) is 0 Å². The van der Waals surface area contributed by atoms with Gasteiger partial charge in [-0.15, -0.1) is 0 Å². The summed E-state index contributed by atoms with van der Waals surface area (Å²) in [4.78, 5) is 37.4. The van der Waals surface area contributed by atoms with Gasteiger partial charge in [-0.2, -0.15) is 0 Å². The average molecular weight is 709 g/mol. The van der Waals surface area contributed by atoms with E-state index in [-0.39, 0.29) is 31.1 Å². The first-order chi connectivity index (χ1) is 24.3. The predicted molar refractivity (Wildman–Crippen MR) is 210 cm³/mol. The Bertz CT molecular complexity index is 766. The van der Waals surface area contributed by atoms with Crippen LogP contribution < -0.4 is 0 Å². The van der Waals surface area contributed by atoms with E-state index in [1.54, 1.807) is 0 Å². The Labute approximate surface area is 310 Å². The quantitative estimate of drug-likeness (QED) is 0.0361. The SMILES string of the molecule is CCCCCCCC(=O)OC[C@H](COC(=O)CCCCCCCCCCCCCCC(C)C)OC(=O)CCCCCCCCCCC(C)CC. The van der Waals surface area contributed by atoms with Gasteiger partial charge in [-0.1, -0.05) is 195 Å². The van der Waals surface area contributed by atoms with Crippen LogP contribution in [-0.4, -0.2) is 37.2 Å². The number of hydrogen-bond acceptors (Lipinski definition) is 6. The highest BCUT2D eigenvalue weighted by atomic mass is 16.6. The van der Waals surface area contributed by atoms with Crippen molar-refractivity contribution >= 4 is 17.9 Å². The van der Waals surface area contributed by atoms with Gasteiger partial charge in [-0.25, -0.2) is 0 Å². The first-order valence-electron chi connectivity index (χ1n) is 21.8. The lowest BCUT2D eigenvalue weighted by Gasteiger charge is -2.18. The highest BCUT2D eigenvalue weighted by Gasteiger charge is 2.19. The van der Waals surface area contributed by atoms with Crippen molar-refractivity contribution in [3.8, 4) is 0 Å². The molecule has 0 heterocycles. The van der Waals surface area contributed by atoms with E-state index in [4.69, 9.17) is 14.2 Å². The molecule has 0 saturated heterocycles. The second-order valence-corrected chi connectivity index (χ2v) is 15.7. The third-order valence-corrected chi connectivity index (χ3v) is 10.1. The van der Waals surface area contributed by atoms with E-state index in [0.29, 0.717) is 19.3 Å². The number of unbranched alkanes of at least 4 members (excludes halogenated alkanes) is 22. The smallest absolute Gasteiger partial charge is 0.306 e. The molecule has 0 rings (SSSR count). The summed E-state index contributed by atoms with van der Waals surface area (Å²) >= 11 is 0. The van der Waals surface area contributed by atoms with Crippen molar-refractivity contribution in [3.05, 3.63) is 0 Å². The van der Waals surface area contributed by atoms with Crippen LogP contribution in [0.4, 0.5) is 0 Å². The minimum absolute atomic E-state index is 0.0664. The maximum atomic E-state index is 12.6. The average Bonchev–Trinajstić information content (AvgIpc) is 3.09. The summed E-state index contributed by atoms with van der Waals surface area (Å²) in [6, 6.07) is 0. The monoisotopic (exact) mass is 709 g/mol. The summed E-state index contributed by atoms with van der Waals surface area (Å²) in [5, 5.41) is 0. The Kier molecular flexibility index (Phi) is 36.0. The van der Waals surface area contributed by atoms with Gasteiger partial charge >= 0.3 is 17.9 Å². The molecule has 0 aliphatic carbocycles. The van der Waals surface area contributed by atoms with Crippen molar-refractivity contribution < 1.29 is 28.6 Å². The number of ether oxygens (including phenoxy) is 3. The molecule has 0 saturated carbocycles. The zero-order valence-corrected chi connectivity index (χ0v) is 34.0. The molecule has 0 aromatic carbocycles. The second-order valence-electron chi connectivity index (χ2n) is 15.7. The van der Waals surface area contributed by atoms with Gasteiger partial charge < -0.3 is 14.2 Å². The van der Waals surface area contributed by atoms with Crippen molar-refractivity contribution in [1.82, 2.24) is 0 Å². The van der Waals surface area contributed by atoms with Gasteiger partial charge in [0, 0.05) is 19.3 Å². The lowest BCUT2D eigenvalue weighted by atomic mass is 9.99. The standard InChI is InChI=1S/C44H84O6/c1-6-8-9-22-29-34-42(45)48-37-41(50-44(47)36-31-26-21-17-16-19-24-28-33-40(5)7-2)38-49-43(46)35-30-25-20-15-13-11-10-12-14-18-23-27-32-39(3)4/h39-41H,6-38H2,1-5H3/t40?,41-/m1/s1. The van der Waals surface area contributed by atoms with E-state index in [0.717, 1.165) is 76.0 Å². The molecule has 6 nitrogen and oxygen atoms in total. The summed E-state index contributed by atoms with van der Waals surface area (Å²) in [6.45, 7) is 11.3. The van der Waals surface area contributed by atoms with Crippen molar-refractivity contribution in [2.45, 2.75) is 240 Å². The minimum atomic E-state index is -0.758. The molecular formula is C44H84O6. The van der Waals surface area contributed by atoms with Gasteiger partial charge in [-0.3, -0.25) is 14.4 Å². The van der Waals surface area contributed by atoms with Crippen molar-refractivity contribution in [3.63, 3.8) is 0 Å². The second kappa shape index (κ2) is 37.2. The number of rotatable bonds is 38. The largest absolute Gasteiger partial charge is 0.462 e. The number of carbonyl (C=O) groups is 3. The molecule has 0 aliphatic heterocycles. The van der Waals surface area contributed by atoms with Crippen LogP contribution in [0.5, 0.6) is 0 Å². The summed E-state index contributed by atoms with van der Waals surface area (Å²) in [6.07, 6.45) is 34.0. The topological polar surface area (TPSA) is 78.9 Å². The molecule has 6 heteroatoms. The molecule has 0 fully saturated rings. The highest BCUT2D eigenvalue weighted by molar-refractivity contribution is 5.71. The minimum Gasteiger partial charge on any atom is -0.462 e. The molecule has 1 unspecified atom stereocenters. The molecule has 0 aliphatic rings. The zero-order chi connectivity index (χ0) is 36.9. The number of carbonyl (C=O) groups excluding carboxylic acids is 3. The summed E-state index contributed by atoms with van der Waals surface area (Å²) in [7, 11) is 0. The Hall–Kier alpha value is -1.59. The van der Waals surface area contributed by atoms with Crippen LogP contribution in [0.25, 0.3) is 0 Å². The fourth-order valence-electron chi connectivity index (χ4n) is 6.37. The fourth-order valence-corrected chi connectivity index (χ4v) is 6.37. The fraction of sp³-hybridized carbons (Fsp3) is 0.932. The summed E-state index contributed by atoms with van der Waals surface area (Å²) in [5.41, 5.74) is 0. The lowest BCUT2D eigenvalue weighted by Crippen LogP contribution is -2.30. The molecule has 50 heavy (non-hydrogen) atoms. The molecule has 0 aromatic heterocycles. The van der Waals surface area contributed by atoms with Crippen LogP contribution in [-0.2, 0) is 28.6 Å². The van der Waals surface area contributed by atoms with Crippen molar-refractivity contribution in [2.24, 2.45) is 11.8 Å². The van der Waals surface area contributed by atoms with E-state index in [1.807, 2.05) is 0 Å². The molecule has 0 radical (unpaired) electrons. The van der Waals surface area contributed by atoms with Crippen LogP contribution in [0.2, 0.25) is 0 Å². The van der Waals surface area contributed by atoms with E-state index >= 15 is 0 Å². The van der Waals surface area contributed by atoms with Gasteiger partial charge in [0.1, 0.15) is 13.2 Å². The maximum Gasteiger partial charge on any atom is 0.306 e. The van der Waals surface area contributed by atoms with Gasteiger partial charge in [0.15, 0.2) is 6.10 Å². The van der Waals surface area contributed by atoms with Gasteiger partial charge in [0.2, 0.25) is 0 Å². The van der Waals surface area contributed by atoms with Crippen LogP contribution in [0, 0.1) is 11.8 Å². The van der Waals surface area contributed by atoms with Gasteiger partial charge in [-0.05, 0) is 31.1 Å². The van der Waals surface area contributed by atoms with Crippen molar-refractivity contribution in [1.29, 1.82) is 0 Å². The van der Waals surface area contributed by atoms with Crippen LogP contribution in [0.3, 0.4) is 0 Å². The summed E-state index contributed by atoms with van der Waals surface area (Å²) < 4.78 is 16.6. The van der Waals surface area contributed by atoms with Gasteiger partial charge in [0.25, 0.3) is 0 Å². The molecule has 0 amide bonds. The normalized spacial score (nSPS) is 12.6. The van der Waals surface area contributed by atoms with Crippen LogP contribution in [0.1, 0.15) is 234 Å². The van der Waals surface area contributed by atoms with Crippen LogP contribution >= 0.6 is 0 Å². The third kappa shape index (κ3) is 36.2. The zero-order valence-electron chi connectivity index (χ0n) is 34.0. The first-order valence-corrected chi connectivity index (χ1v) is 21.8. The predicted octanol–water partition coefficient (Wildman–Crippen LogP) is 13.4. The van der Waals surface area contributed by atoms with E-state index in [2.05, 4.69) is 34.6 Å². The molecule has 0 spiro atoms. The first kappa shape index (κ1) is 48.4. The third-order valence-electron chi connectivity index (χ3n) is 10.1. The van der Waals surface area contributed by atoms with E-state index in [9.17, 15) is 14.4 Å². The Morgan fingerprint density at radius 1 is 0.420 bits per heavy atom. The van der Waals surface area contributed by atoms with E-state index in [1.165, 1.54) is 116 Å². The molecule has 296 valence electrons. The Morgan fingerprint density at radius 2 is 0.760 bits per heavy atom. The Morgan fingerprint density at radius 3 is 1.14 bits per heavy atom. The molecular weight excluding hydrogens is 624 g/mol. The Balaban J connectivity index is 4.21. The highest BCUT2D eigenvalue weighted by Crippen LogP contribution is 2.17. The molecule has 0 bridgehead atoms. The number of esters is 3. The molecule has 2 atom stereocenters. The lowest BCUT2D eigenvalue weighted by molar-refractivity contribution is -0.167. The molecule has 0 aromatic rings.